The molecule has 1 aromatic heterocycles. The molecule has 15 heavy (non-hydrogen) atoms. The van der Waals surface area contributed by atoms with Crippen molar-refractivity contribution in [3.63, 3.8) is 0 Å². The summed E-state index contributed by atoms with van der Waals surface area (Å²) >= 11 is 0. The summed E-state index contributed by atoms with van der Waals surface area (Å²) < 4.78 is 28.8. The third-order valence-electron chi connectivity index (χ3n) is 1.76. The summed E-state index contributed by atoms with van der Waals surface area (Å²) in [5.41, 5.74) is 0.792. The largest absolute Gasteiger partial charge is 0.471 e. The second-order valence-electron chi connectivity index (χ2n) is 2.95. The zero-order valence-electron chi connectivity index (χ0n) is 8.54. The van der Waals surface area contributed by atoms with Crippen molar-refractivity contribution in [3.05, 3.63) is 23.9 Å². The first-order valence-corrected chi connectivity index (χ1v) is 4.79. The molecule has 5 heteroatoms. The Morgan fingerprint density at radius 1 is 1.53 bits per heavy atom. The number of hydrogen-bond acceptors (Lipinski definition) is 3. The molecule has 0 fully saturated rings. The van der Waals surface area contributed by atoms with Crippen LogP contribution >= 0.6 is 0 Å². The van der Waals surface area contributed by atoms with Crippen molar-refractivity contribution in [1.82, 2.24) is 10.3 Å². The third-order valence-corrected chi connectivity index (χ3v) is 1.76. The van der Waals surface area contributed by atoms with Gasteiger partial charge >= 0.3 is 0 Å². The molecule has 0 aliphatic carbocycles. The highest BCUT2D eigenvalue weighted by Crippen LogP contribution is 2.14. The molecule has 0 bridgehead atoms. The molecular formula is C10H14F2N2O. The predicted octanol–water partition coefficient (Wildman–Crippen LogP) is 1.83. The number of aromatic nitrogens is 1. The second-order valence-corrected chi connectivity index (χ2v) is 2.95. The Kier molecular flexibility index (Phi) is 4.97. The molecular weight excluding hydrogens is 202 g/mol. The highest BCUT2D eigenvalue weighted by Gasteiger charge is 2.07. The van der Waals surface area contributed by atoms with Gasteiger partial charge in [-0.1, -0.05) is 13.0 Å². The van der Waals surface area contributed by atoms with E-state index in [1.165, 1.54) is 6.20 Å². The van der Waals surface area contributed by atoms with E-state index >= 15 is 0 Å². The van der Waals surface area contributed by atoms with Gasteiger partial charge in [0.2, 0.25) is 5.88 Å². The van der Waals surface area contributed by atoms with Gasteiger partial charge in [-0.05, 0) is 12.6 Å². The molecule has 0 spiro atoms. The molecule has 0 amide bonds. The summed E-state index contributed by atoms with van der Waals surface area (Å²) in [5, 5.41) is 3.09. The van der Waals surface area contributed by atoms with E-state index < -0.39 is 13.0 Å². The first-order valence-electron chi connectivity index (χ1n) is 4.79. The smallest absolute Gasteiger partial charge is 0.272 e. The molecule has 0 aromatic carbocycles. The van der Waals surface area contributed by atoms with Crippen molar-refractivity contribution < 1.29 is 13.5 Å². The number of rotatable bonds is 6. The summed E-state index contributed by atoms with van der Waals surface area (Å²) in [4.78, 5) is 3.91. The number of nitrogens with one attached hydrogen (secondary N) is 1. The molecule has 0 aliphatic rings. The van der Waals surface area contributed by atoms with Crippen LogP contribution in [0.2, 0.25) is 0 Å². The van der Waals surface area contributed by atoms with Crippen LogP contribution in [0.1, 0.15) is 12.5 Å². The maximum atomic E-state index is 11.9. The maximum Gasteiger partial charge on any atom is 0.272 e. The van der Waals surface area contributed by atoms with Crippen LogP contribution in [0.3, 0.4) is 0 Å². The van der Waals surface area contributed by atoms with Gasteiger partial charge in [-0.2, -0.15) is 0 Å². The number of alkyl halides is 2. The Morgan fingerprint density at radius 2 is 2.33 bits per heavy atom. The van der Waals surface area contributed by atoms with Gasteiger partial charge in [0.15, 0.2) is 6.61 Å². The lowest BCUT2D eigenvalue weighted by atomic mass is 10.2. The number of nitrogens with zero attached hydrogens (tertiary/aromatic N) is 1. The van der Waals surface area contributed by atoms with Crippen molar-refractivity contribution in [2.45, 2.75) is 19.9 Å². The SMILES string of the molecule is CCNCc1cccnc1OCC(F)F. The Balaban J connectivity index is 2.59. The summed E-state index contributed by atoms with van der Waals surface area (Å²) in [7, 11) is 0. The van der Waals surface area contributed by atoms with Gasteiger partial charge in [0, 0.05) is 18.3 Å². The quantitative estimate of drug-likeness (QED) is 0.787. The summed E-state index contributed by atoms with van der Waals surface area (Å²) in [6, 6.07) is 3.55. The average Bonchev–Trinajstić information content (AvgIpc) is 2.24. The number of hydrogen-bond donors (Lipinski definition) is 1. The molecule has 1 N–H and O–H groups in total. The van der Waals surface area contributed by atoms with E-state index in [0.717, 1.165) is 12.1 Å². The van der Waals surface area contributed by atoms with Crippen molar-refractivity contribution in [2.75, 3.05) is 13.2 Å². The Labute approximate surface area is 87.5 Å². The van der Waals surface area contributed by atoms with Crippen LogP contribution in [0.25, 0.3) is 0 Å². The first-order chi connectivity index (χ1) is 7.24. The van der Waals surface area contributed by atoms with Crippen LogP contribution in [0.15, 0.2) is 18.3 Å². The highest BCUT2D eigenvalue weighted by atomic mass is 19.3. The van der Waals surface area contributed by atoms with Gasteiger partial charge in [0.05, 0.1) is 0 Å². The molecule has 0 aliphatic heterocycles. The van der Waals surface area contributed by atoms with Crippen LogP contribution < -0.4 is 10.1 Å². The third kappa shape index (κ3) is 4.20. The van der Waals surface area contributed by atoms with Gasteiger partial charge in [0.1, 0.15) is 0 Å². The Hall–Kier alpha value is -1.23. The molecule has 1 aromatic rings. The van der Waals surface area contributed by atoms with Gasteiger partial charge in [-0.3, -0.25) is 0 Å². The molecule has 0 atom stereocenters. The lowest BCUT2D eigenvalue weighted by Crippen LogP contribution is -2.15. The van der Waals surface area contributed by atoms with E-state index in [1.807, 2.05) is 6.92 Å². The van der Waals surface area contributed by atoms with Crippen molar-refractivity contribution in [3.8, 4) is 5.88 Å². The standard InChI is InChI=1S/C10H14F2N2O/c1-2-13-6-8-4-3-5-14-10(8)15-7-9(11)12/h3-5,9,13H,2,6-7H2,1H3. The van der Waals surface area contributed by atoms with Crippen molar-refractivity contribution in [1.29, 1.82) is 0 Å². The molecule has 3 nitrogen and oxygen atoms in total. The molecule has 0 saturated carbocycles. The van der Waals surface area contributed by atoms with Gasteiger partial charge in [-0.15, -0.1) is 0 Å². The first kappa shape index (κ1) is 11.8. The maximum absolute atomic E-state index is 11.9. The topological polar surface area (TPSA) is 34.2 Å². The van der Waals surface area contributed by atoms with Crippen LogP contribution in [0.5, 0.6) is 5.88 Å². The van der Waals surface area contributed by atoms with E-state index in [-0.39, 0.29) is 5.88 Å². The van der Waals surface area contributed by atoms with E-state index in [2.05, 4.69) is 10.3 Å². The lowest BCUT2D eigenvalue weighted by Gasteiger charge is -2.09. The van der Waals surface area contributed by atoms with Crippen LogP contribution in [-0.4, -0.2) is 24.6 Å². The van der Waals surface area contributed by atoms with Crippen LogP contribution in [-0.2, 0) is 6.54 Å². The number of halogens is 2. The summed E-state index contributed by atoms with van der Waals surface area (Å²) in [6.07, 6.45) is -0.949. The predicted molar refractivity (Wildman–Crippen MR) is 53.1 cm³/mol. The van der Waals surface area contributed by atoms with Crippen molar-refractivity contribution in [2.24, 2.45) is 0 Å². The van der Waals surface area contributed by atoms with Crippen LogP contribution in [0, 0.1) is 0 Å². The van der Waals surface area contributed by atoms with E-state index in [0.29, 0.717) is 6.54 Å². The monoisotopic (exact) mass is 216 g/mol. The second kappa shape index (κ2) is 6.29. The lowest BCUT2D eigenvalue weighted by molar-refractivity contribution is 0.0790. The normalized spacial score (nSPS) is 10.7. The fourth-order valence-corrected chi connectivity index (χ4v) is 1.09. The zero-order chi connectivity index (χ0) is 11.1. The minimum atomic E-state index is -2.47. The van der Waals surface area contributed by atoms with E-state index in [9.17, 15) is 8.78 Å². The van der Waals surface area contributed by atoms with E-state index in [4.69, 9.17) is 4.74 Å². The molecule has 1 rings (SSSR count). The minimum Gasteiger partial charge on any atom is -0.471 e. The fourth-order valence-electron chi connectivity index (χ4n) is 1.09. The highest BCUT2D eigenvalue weighted by molar-refractivity contribution is 5.25. The van der Waals surface area contributed by atoms with Gasteiger partial charge in [0.25, 0.3) is 6.43 Å². The number of pyridine rings is 1. The van der Waals surface area contributed by atoms with Crippen LogP contribution in [0.4, 0.5) is 8.78 Å². The fraction of sp³-hybridized carbons (Fsp3) is 0.500. The van der Waals surface area contributed by atoms with E-state index in [1.54, 1.807) is 12.1 Å². The summed E-state index contributed by atoms with van der Waals surface area (Å²) in [6.45, 7) is 2.73. The Morgan fingerprint density at radius 3 is 3.00 bits per heavy atom. The average molecular weight is 216 g/mol. The molecule has 84 valence electrons. The molecule has 0 radical (unpaired) electrons. The van der Waals surface area contributed by atoms with Gasteiger partial charge < -0.3 is 10.1 Å². The zero-order valence-corrected chi connectivity index (χ0v) is 8.54. The molecule has 0 unspecified atom stereocenters. The number of ether oxygens (including phenoxy) is 1. The minimum absolute atomic E-state index is 0.277. The van der Waals surface area contributed by atoms with Gasteiger partial charge in [-0.25, -0.2) is 13.8 Å². The Bertz CT molecular complexity index is 295. The molecule has 0 saturated heterocycles. The molecule has 1 heterocycles. The summed E-state index contributed by atoms with van der Waals surface area (Å²) in [5.74, 6) is 0.277. The van der Waals surface area contributed by atoms with Crippen molar-refractivity contribution >= 4 is 0 Å².